The monoisotopic (exact) mass is 387 g/mol. The number of ether oxygens (including phenoxy) is 1. The molecule has 0 aliphatic heterocycles. The SMILES string of the molecule is CCNC(C)c1ccc(Oc2ccc(Cl)cc2Cl)c(Br)c1. The van der Waals surface area contributed by atoms with Crippen LogP contribution in [0.1, 0.15) is 25.5 Å². The van der Waals surface area contributed by atoms with E-state index in [1.54, 1.807) is 18.2 Å². The van der Waals surface area contributed by atoms with Gasteiger partial charge in [-0.25, -0.2) is 0 Å². The van der Waals surface area contributed by atoms with Gasteiger partial charge in [0.15, 0.2) is 0 Å². The van der Waals surface area contributed by atoms with Crippen molar-refractivity contribution >= 4 is 39.1 Å². The first kappa shape index (κ1) is 16.6. The molecule has 2 aromatic rings. The van der Waals surface area contributed by atoms with Crippen molar-refractivity contribution in [3.63, 3.8) is 0 Å². The molecule has 0 amide bonds. The normalized spacial score (nSPS) is 12.2. The number of hydrogen-bond donors (Lipinski definition) is 1. The van der Waals surface area contributed by atoms with Crippen molar-refractivity contribution in [1.82, 2.24) is 5.32 Å². The van der Waals surface area contributed by atoms with E-state index in [4.69, 9.17) is 27.9 Å². The van der Waals surface area contributed by atoms with Crippen molar-refractivity contribution in [1.29, 1.82) is 0 Å². The molecule has 0 aromatic heterocycles. The van der Waals surface area contributed by atoms with Crippen molar-refractivity contribution < 1.29 is 4.74 Å². The molecule has 0 saturated heterocycles. The summed E-state index contributed by atoms with van der Waals surface area (Å²) in [5, 5.41) is 4.45. The fourth-order valence-corrected chi connectivity index (χ4v) is 2.89. The first-order valence-electron chi connectivity index (χ1n) is 6.67. The fraction of sp³-hybridized carbons (Fsp3) is 0.250. The predicted molar refractivity (Wildman–Crippen MR) is 92.8 cm³/mol. The van der Waals surface area contributed by atoms with E-state index in [0.29, 0.717) is 27.6 Å². The van der Waals surface area contributed by atoms with Crippen LogP contribution in [0.25, 0.3) is 0 Å². The first-order chi connectivity index (χ1) is 10.0. The molecule has 21 heavy (non-hydrogen) atoms. The van der Waals surface area contributed by atoms with E-state index in [0.717, 1.165) is 11.0 Å². The number of halogens is 3. The minimum atomic E-state index is 0.291. The average Bonchev–Trinajstić information content (AvgIpc) is 2.44. The lowest BCUT2D eigenvalue weighted by atomic mass is 10.1. The van der Waals surface area contributed by atoms with Crippen LogP contribution in [0.4, 0.5) is 0 Å². The van der Waals surface area contributed by atoms with Crippen molar-refractivity contribution in [2.45, 2.75) is 19.9 Å². The number of nitrogens with one attached hydrogen (secondary N) is 1. The highest BCUT2D eigenvalue weighted by molar-refractivity contribution is 9.10. The van der Waals surface area contributed by atoms with Gasteiger partial charge in [0, 0.05) is 11.1 Å². The third kappa shape index (κ3) is 4.36. The first-order valence-corrected chi connectivity index (χ1v) is 8.22. The van der Waals surface area contributed by atoms with Gasteiger partial charge < -0.3 is 10.1 Å². The molecule has 1 N–H and O–H groups in total. The molecule has 2 nitrogen and oxygen atoms in total. The Morgan fingerprint density at radius 2 is 1.86 bits per heavy atom. The summed E-state index contributed by atoms with van der Waals surface area (Å²) in [4.78, 5) is 0. The molecule has 2 rings (SSSR count). The summed E-state index contributed by atoms with van der Waals surface area (Å²) in [6.45, 7) is 5.14. The molecule has 0 aliphatic carbocycles. The van der Waals surface area contributed by atoms with Crippen LogP contribution < -0.4 is 10.1 Å². The molecule has 1 atom stereocenters. The average molecular weight is 389 g/mol. The van der Waals surface area contributed by atoms with E-state index in [1.807, 2.05) is 18.2 Å². The maximum atomic E-state index is 6.12. The lowest BCUT2D eigenvalue weighted by molar-refractivity contribution is 0.479. The summed E-state index contributed by atoms with van der Waals surface area (Å²) in [7, 11) is 0. The predicted octanol–water partition coefficient (Wildman–Crippen LogP) is 6.22. The molecule has 0 bridgehead atoms. The van der Waals surface area contributed by atoms with Crippen LogP contribution in [0, 0.1) is 0 Å². The second-order valence-electron chi connectivity index (χ2n) is 4.65. The molecule has 0 spiro atoms. The highest BCUT2D eigenvalue weighted by Crippen LogP contribution is 2.36. The second kappa shape index (κ2) is 7.50. The van der Waals surface area contributed by atoms with Gasteiger partial charge in [-0.3, -0.25) is 0 Å². The van der Waals surface area contributed by atoms with Crippen molar-refractivity contribution in [3.05, 3.63) is 56.5 Å². The van der Waals surface area contributed by atoms with Crippen LogP contribution in [0.2, 0.25) is 10.0 Å². The summed E-state index contributed by atoms with van der Waals surface area (Å²) in [5.41, 5.74) is 1.19. The van der Waals surface area contributed by atoms with Crippen molar-refractivity contribution in [2.24, 2.45) is 0 Å². The van der Waals surface area contributed by atoms with Gasteiger partial charge in [0.25, 0.3) is 0 Å². The molecule has 112 valence electrons. The maximum Gasteiger partial charge on any atom is 0.146 e. The number of hydrogen-bond acceptors (Lipinski definition) is 2. The summed E-state index contributed by atoms with van der Waals surface area (Å²) in [5.74, 6) is 1.29. The Bertz CT molecular complexity index is 634. The van der Waals surface area contributed by atoms with E-state index < -0.39 is 0 Å². The van der Waals surface area contributed by atoms with Gasteiger partial charge >= 0.3 is 0 Å². The Balaban J connectivity index is 2.21. The minimum absolute atomic E-state index is 0.291. The molecular weight excluding hydrogens is 373 g/mol. The maximum absolute atomic E-state index is 6.12. The molecule has 0 radical (unpaired) electrons. The molecule has 0 heterocycles. The number of rotatable bonds is 5. The van der Waals surface area contributed by atoms with Gasteiger partial charge in [0.2, 0.25) is 0 Å². The Kier molecular flexibility index (Phi) is 5.94. The lowest BCUT2D eigenvalue weighted by Gasteiger charge is -2.15. The molecule has 0 saturated carbocycles. The zero-order valence-corrected chi connectivity index (χ0v) is 14.9. The zero-order chi connectivity index (χ0) is 15.4. The van der Waals surface area contributed by atoms with Gasteiger partial charge in [-0.15, -0.1) is 0 Å². The second-order valence-corrected chi connectivity index (χ2v) is 6.34. The highest BCUT2D eigenvalue weighted by atomic mass is 79.9. The van der Waals surface area contributed by atoms with Crippen LogP contribution >= 0.6 is 39.1 Å². The van der Waals surface area contributed by atoms with Gasteiger partial charge in [0.05, 0.1) is 9.50 Å². The van der Waals surface area contributed by atoms with Crippen LogP contribution in [-0.2, 0) is 0 Å². The van der Waals surface area contributed by atoms with Gasteiger partial charge in [-0.05, 0) is 65.3 Å². The third-order valence-corrected chi connectivity index (χ3v) is 4.23. The van der Waals surface area contributed by atoms with Crippen LogP contribution in [0.3, 0.4) is 0 Å². The van der Waals surface area contributed by atoms with Crippen molar-refractivity contribution in [2.75, 3.05) is 6.54 Å². The van der Waals surface area contributed by atoms with E-state index in [9.17, 15) is 0 Å². The topological polar surface area (TPSA) is 21.3 Å². The van der Waals surface area contributed by atoms with E-state index in [-0.39, 0.29) is 0 Å². The third-order valence-electron chi connectivity index (χ3n) is 3.08. The minimum Gasteiger partial charge on any atom is -0.455 e. The standard InChI is InChI=1S/C16H16BrCl2NO/c1-3-20-10(2)11-4-6-15(13(17)8-11)21-16-7-5-12(18)9-14(16)19/h4-10,20H,3H2,1-2H3. The molecule has 0 aliphatic rings. The van der Waals surface area contributed by atoms with Gasteiger partial charge in [0.1, 0.15) is 11.5 Å². The fourth-order valence-electron chi connectivity index (χ4n) is 1.97. The molecule has 0 fully saturated rings. The Hall–Kier alpha value is -0.740. The molecular formula is C16H16BrCl2NO. The molecule has 5 heteroatoms. The summed E-state index contributed by atoms with van der Waals surface area (Å²) >= 11 is 15.5. The zero-order valence-electron chi connectivity index (χ0n) is 11.8. The molecule has 2 aromatic carbocycles. The van der Waals surface area contributed by atoms with Crippen molar-refractivity contribution in [3.8, 4) is 11.5 Å². The lowest BCUT2D eigenvalue weighted by Crippen LogP contribution is -2.17. The highest BCUT2D eigenvalue weighted by Gasteiger charge is 2.10. The molecule has 1 unspecified atom stereocenters. The van der Waals surface area contributed by atoms with Gasteiger partial charge in [-0.1, -0.05) is 36.2 Å². The van der Waals surface area contributed by atoms with Gasteiger partial charge in [-0.2, -0.15) is 0 Å². The quantitative estimate of drug-likeness (QED) is 0.656. The van der Waals surface area contributed by atoms with E-state index >= 15 is 0 Å². The van der Waals surface area contributed by atoms with E-state index in [1.165, 1.54) is 5.56 Å². The number of benzene rings is 2. The van der Waals surface area contributed by atoms with Crippen LogP contribution in [0.15, 0.2) is 40.9 Å². The largest absolute Gasteiger partial charge is 0.455 e. The Morgan fingerprint density at radius 1 is 1.14 bits per heavy atom. The Morgan fingerprint density at radius 3 is 2.48 bits per heavy atom. The summed E-state index contributed by atoms with van der Waals surface area (Å²) in [6.07, 6.45) is 0. The summed E-state index contributed by atoms with van der Waals surface area (Å²) in [6, 6.07) is 11.5. The summed E-state index contributed by atoms with van der Waals surface area (Å²) < 4.78 is 6.72. The van der Waals surface area contributed by atoms with E-state index in [2.05, 4.69) is 35.1 Å². The Labute approximate surface area is 143 Å². The smallest absolute Gasteiger partial charge is 0.146 e. The van der Waals surface area contributed by atoms with Crippen LogP contribution in [0.5, 0.6) is 11.5 Å². The van der Waals surface area contributed by atoms with Crippen LogP contribution in [-0.4, -0.2) is 6.54 Å².